The minimum atomic E-state index is -0.770. The van der Waals surface area contributed by atoms with E-state index in [9.17, 15) is 9.59 Å². The molecule has 10 heteroatoms. The van der Waals surface area contributed by atoms with E-state index in [2.05, 4.69) is 20.9 Å². The molecule has 0 fully saturated rings. The lowest BCUT2D eigenvalue weighted by Gasteiger charge is -2.22. The van der Waals surface area contributed by atoms with Gasteiger partial charge in [0.2, 0.25) is 11.8 Å². The SMILES string of the molecule is CC(=O)N(CCOC(=O)Nc1nnc(-c2ccccc2)o1)NCc1ccccc1Cl. The first-order valence-electron chi connectivity index (χ1n) is 9.10. The highest BCUT2D eigenvalue weighted by molar-refractivity contribution is 6.31. The molecule has 0 aliphatic rings. The van der Waals surface area contributed by atoms with Gasteiger partial charge in [0, 0.05) is 24.1 Å². The summed E-state index contributed by atoms with van der Waals surface area (Å²) in [6.45, 7) is 1.87. The third-order valence-corrected chi connectivity index (χ3v) is 4.37. The van der Waals surface area contributed by atoms with Crippen LogP contribution in [0.2, 0.25) is 5.02 Å². The second-order valence-corrected chi connectivity index (χ2v) is 6.54. The van der Waals surface area contributed by atoms with Gasteiger partial charge in [0.05, 0.1) is 6.54 Å². The van der Waals surface area contributed by atoms with Crippen molar-refractivity contribution >= 4 is 29.6 Å². The molecule has 0 spiro atoms. The third kappa shape index (κ3) is 6.03. The summed E-state index contributed by atoms with van der Waals surface area (Å²) in [5.74, 6) is 0.0490. The number of nitrogens with one attached hydrogen (secondary N) is 2. The lowest BCUT2D eigenvalue weighted by atomic mass is 10.2. The second kappa shape index (κ2) is 10.4. The third-order valence-electron chi connectivity index (χ3n) is 4.00. The number of nitrogens with zero attached hydrogens (tertiary/aromatic N) is 3. The van der Waals surface area contributed by atoms with Crippen molar-refractivity contribution in [2.45, 2.75) is 13.5 Å². The van der Waals surface area contributed by atoms with Crippen molar-refractivity contribution in [3.8, 4) is 11.5 Å². The van der Waals surface area contributed by atoms with Gasteiger partial charge < -0.3 is 9.15 Å². The summed E-state index contributed by atoms with van der Waals surface area (Å²) < 4.78 is 10.5. The van der Waals surface area contributed by atoms with Gasteiger partial charge in [-0.3, -0.25) is 9.80 Å². The van der Waals surface area contributed by atoms with Gasteiger partial charge in [0.1, 0.15) is 6.61 Å². The number of halogens is 1. The summed E-state index contributed by atoms with van der Waals surface area (Å²) in [5, 5.41) is 11.9. The number of rotatable bonds is 8. The Hall–Kier alpha value is -3.43. The van der Waals surface area contributed by atoms with E-state index in [0.29, 0.717) is 11.6 Å². The fraction of sp³-hybridized carbons (Fsp3) is 0.200. The predicted octanol–water partition coefficient (Wildman–Crippen LogP) is 3.49. The summed E-state index contributed by atoms with van der Waals surface area (Å²) in [4.78, 5) is 23.7. The summed E-state index contributed by atoms with van der Waals surface area (Å²) in [6.07, 6.45) is -0.770. The molecule has 0 saturated carbocycles. The number of hydrogen-bond acceptors (Lipinski definition) is 7. The van der Waals surface area contributed by atoms with Crippen molar-refractivity contribution in [3.63, 3.8) is 0 Å². The van der Waals surface area contributed by atoms with Crippen LogP contribution in [0.5, 0.6) is 0 Å². The molecule has 30 heavy (non-hydrogen) atoms. The second-order valence-electron chi connectivity index (χ2n) is 6.14. The summed E-state index contributed by atoms with van der Waals surface area (Å²) in [7, 11) is 0. The Balaban J connectivity index is 1.45. The van der Waals surface area contributed by atoms with Crippen LogP contribution in [0.4, 0.5) is 10.8 Å². The Morgan fingerprint density at radius 3 is 2.57 bits per heavy atom. The highest BCUT2D eigenvalue weighted by Gasteiger charge is 2.14. The molecular formula is C20H20ClN5O4. The summed E-state index contributed by atoms with van der Waals surface area (Å²) in [6, 6.07) is 16.4. The van der Waals surface area contributed by atoms with E-state index in [1.807, 2.05) is 48.5 Å². The van der Waals surface area contributed by atoms with E-state index in [1.165, 1.54) is 11.9 Å². The molecule has 1 heterocycles. The minimum Gasteiger partial charge on any atom is -0.447 e. The van der Waals surface area contributed by atoms with Crippen molar-refractivity contribution in [2.75, 3.05) is 18.5 Å². The molecule has 2 N–H and O–H groups in total. The Labute approximate surface area is 178 Å². The first-order chi connectivity index (χ1) is 14.5. The standard InChI is InChI=1S/C20H20ClN5O4/c1-14(27)26(22-13-16-9-5-6-10-17(16)21)11-12-29-20(28)23-19-25-24-18(30-19)15-7-3-2-4-8-15/h2-10,22H,11-13H2,1H3,(H,23,25,28). The average molecular weight is 430 g/mol. The molecule has 156 valence electrons. The molecule has 3 rings (SSSR count). The molecule has 0 unspecified atom stereocenters. The van der Waals surface area contributed by atoms with E-state index >= 15 is 0 Å². The maximum Gasteiger partial charge on any atom is 0.415 e. The minimum absolute atomic E-state index is 0.0411. The van der Waals surface area contributed by atoms with Crippen molar-refractivity contribution in [1.29, 1.82) is 0 Å². The van der Waals surface area contributed by atoms with Crippen LogP contribution in [-0.2, 0) is 16.1 Å². The highest BCUT2D eigenvalue weighted by atomic mass is 35.5. The molecule has 0 bridgehead atoms. The quantitative estimate of drug-likeness (QED) is 0.527. The fourth-order valence-electron chi connectivity index (χ4n) is 2.49. The van der Waals surface area contributed by atoms with E-state index < -0.39 is 6.09 Å². The zero-order valence-electron chi connectivity index (χ0n) is 16.2. The Morgan fingerprint density at radius 1 is 1.10 bits per heavy atom. The lowest BCUT2D eigenvalue weighted by Crippen LogP contribution is -2.43. The number of anilines is 1. The van der Waals surface area contributed by atoms with Gasteiger partial charge >= 0.3 is 12.1 Å². The number of ether oxygens (including phenoxy) is 1. The number of carbonyl (C=O) groups is 2. The zero-order valence-corrected chi connectivity index (χ0v) is 16.9. The van der Waals surface area contributed by atoms with Crippen molar-refractivity contribution in [2.24, 2.45) is 0 Å². The zero-order chi connectivity index (χ0) is 21.3. The fourth-order valence-corrected chi connectivity index (χ4v) is 2.70. The van der Waals surface area contributed by atoms with Crippen LogP contribution in [0, 0.1) is 0 Å². The van der Waals surface area contributed by atoms with Gasteiger partial charge in [-0.2, -0.15) is 0 Å². The van der Waals surface area contributed by atoms with E-state index in [0.717, 1.165) is 11.1 Å². The van der Waals surface area contributed by atoms with E-state index in [-0.39, 0.29) is 31.0 Å². The molecule has 0 aliphatic heterocycles. The summed E-state index contributed by atoms with van der Waals surface area (Å²) in [5.41, 5.74) is 4.54. The van der Waals surface area contributed by atoms with Crippen LogP contribution in [-0.4, -0.2) is 40.4 Å². The smallest absolute Gasteiger partial charge is 0.415 e. The van der Waals surface area contributed by atoms with Crippen LogP contribution in [0.25, 0.3) is 11.5 Å². The Kier molecular flexibility index (Phi) is 7.36. The van der Waals surface area contributed by atoms with Crippen LogP contribution in [0.15, 0.2) is 59.0 Å². The van der Waals surface area contributed by atoms with E-state index in [4.69, 9.17) is 20.8 Å². The van der Waals surface area contributed by atoms with Gasteiger partial charge in [-0.05, 0) is 23.8 Å². The van der Waals surface area contributed by atoms with Gasteiger partial charge in [0.15, 0.2) is 0 Å². The van der Waals surface area contributed by atoms with Crippen molar-refractivity contribution in [3.05, 3.63) is 65.2 Å². The maximum atomic E-state index is 11.9. The van der Waals surface area contributed by atoms with Crippen molar-refractivity contribution < 1.29 is 18.7 Å². The Bertz CT molecular complexity index is 996. The van der Waals surface area contributed by atoms with Gasteiger partial charge in [0.25, 0.3) is 0 Å². The van der Waals surface area contributed by atoms with Gasteiger partial charge in [-0.25, -0.2) is 15.5 Å². The molecule has 0 saturated heterocycles. The summed E-state index contributed by atoms with van der Waals surface area (Å²) >= 11 is 6.11. The first-order valence-corrected chi connectivity index (χ1v) is 9.48. The molecule has 0 atom stereocenters. The average Bonchev–Trinajstić information content (AvgIpc) is 3.20. The molecule has 0 aliphatic carbocycles. The number of aromatic nitrogens is 2. The molecule has 1 aromatic heterocycles. The maximum absolute atomic E-state index is 11.9. The molecule has 0 radical (unpaired) electrons. The lowest BCUT2D eigenvalue weighted by molar-refractivity contribution is -0.132. The molecule has 2 aromatic carbocycles. The van der Waals surface area contributed by atoms with Gasteiger partial charge in [-0.15, -0.1) is 5.10 Å². The normalized spacial score (nSPS) is 10.5. The van der Waals surface area contributed by atoms with Crippen LogP contribution >= 0.6 is 11.6 Å². The molecule has 9 nitrogen and oxygen atoms in total. The topological polar surface area (TPSA) is 110 Å². The molecule has 3 aromatic rings. The van der Waals surface area contributed by atoms with Crippen LogP contribution < -0.4 is 10.7 Å². The van der Waals surface area contributed by atoms with Crippen molar-refractivity contribution in [1.82, 2.24) is 20.6 Å². The molecular weight excluding hydrogens is 410 g/mol. The molecule has 2 amide bonds. The largest absolute Gasteiger partial charge is 0.447 e. The monoisotopic (exact) mass is 429 g/mol. The number of hydrazine groups is 1. The number of hydrogen-bond donors (Lipinski definition) is 2. The van der Waals surface area contributed by atoms with E-state index in [1.54, 1.807) is 6.07 Å². The highest BCUT2D eigenvalue weighted by Crippen LogP contribution is 2.19. The van der Waals surface area contributed by atoms with Crippen LogP contribution in [0.3, 0.4) is 0 Å². The predicted molar refractivity (Wildman–Crippen MR) is 110 cm³/mol. The van der Waals surface area contributed by atoms with Gasteiger partial charge in [-0.1, -0.05) is 53.1 Å². The Morgan fingerprint density at radius 2 is 1.83 bits per heavy atom. The number of benzene rings is 2. The van der Waals surface area contributed by atoms with Crippen LogP contribution in [0.1, 0.15) is 12.5 Å². The first kappa shape index (κ1) is 21.3. The number of carbonyl (C=O) groups excluding carboxylic acids is 2. The number of amides is 2.